The topological polar surface area (TPSA) is 71.5 Å². The largest absolute Gasteiger partial charge is 0.491 e. The summed E-state index contributed by atoms with van der Waals surface area (Å²) < 4.78 is 18.0. The fourth-order valence-electron chi connectivity index (χ4n) is 1.61. The molecular formula is C15H14ClFN2O3. The number of hydrogen-bond donors (Lipinski definition) is 2. The van der Waals surface area contributed by atoms with E-state index in [0.717, 1.165) is 0 Å². The summed E-state index contributed by atoms with van der Waals surface area (Å²) in [4.78, 5) is 15.7. The average Bonchev–Trinajstić information content (AvgIpc) is 2.52. The van der Waals surface area contributed by atoms with Gasteiger partial charge in [-0.15, -0.1) is 0 Å². The first-order valence-electron chi connectivity index (χ1n) is 6.51. The molecule has 0 saturated carbocycles. The highest BCUT2D eigenvalue weighted by atomic mass is 35.5. The van der Waals surface area contributed by atoms with Crippen molar-refractivity contribution in [2.45, 2.75) is 6.10 Å². The molecule has 0 aliphatic heterocycles. The van der Waals surface area contributed by atoms with Crippen molar-refractivity contribution >= 4 is 17.5 Å². The fourth-order valence-corrected chi connectivity index (χ4v) is 1.77. The second-order valence-electron chi connectivity index (χ2n) is 4.49. The quantitative estimate of drug-likeness (QED) is 0.853. The van der Waals surface area contributed by atoms with E-state index in [0.29, 0.717) is 10.8 Å². The Morgan fingerprint density at radius 2 is 2.09 bits per heavy atom. The van der Waals surface area contributed by atoms with Crippen LogP contribution in [0, 0.1) is 5.82 Å². The molecule has 1 aromatic carbocycles. The summed E-state index contributed by atoms with van der Waals surface area (Å²) in [7, 11) is 0. The van der Waals surface area contributed by atoms with Crippen molar-refractivity contribution in [2.75, 3.05) is 13.2 Å². The maximum absolute atomic E-state index is 12.7. The zero-order valence-electron chi connectivity index (χ0n) is 11.5. The minimum atomic E-state index is -0.909. The number of halogens is 2. The number of aliphatic hydroxyl groups excluding tert-OH is 1. The molecule has 1 amide bonds. The number of nitrogens with zero attached hydrogens (tertiary/aromatic N) is 1. The van der Waals surface area contributed by atoms with Gasteiger partial charge in [-0.3, -0.25) is 9.78 Å². The number of nitrogens with one attached hydrogen (secondary N) is 1. The molecule has 0 saturated heterocycles. The summed E-state index contributed by atoms with van der Waals surface area (Å²) in [5.74, 6) is -0.374. The summed E-state index contributed by atoms with van der Waals surface area (Å²) in [5, 5.41) is 12.7. The molecule has 0 radical (unpaired) electrons. The van der Waals surface area contributed by atoms with Crippen LogP contribution in [0.1, 0.15) is 10.5 Å². The smallest absolute Gasteiger partial charge is 0.270 e. The van der Waals surface area contributed by atoms with Crippen LogP contribution in [-0.2, 0) is 0 Å². The highest BCUT2D eigenvalue weighted by molar-refractivity contribution is 6.30. The lowest BCUT2D eigenvalue weighted by molar-refractivity contribution is 0.0839. The van der Waals surface area contributed by atoms with Crippen molar-refractivity contribution in [3.63, 3.8) is 0 Å². The summed E-state index contributed by atoms with van der Waals surface area (Å²) in [6, 6.07) is 8.41. The molecule has 1 aromatic heterocycles. The summed E-state index contributed by atoms with van der Waals surface area (Å²) in [5.41, 5.74) is 0.166. The summed E-state index contributed by atoms with van der Waals surface area (Å²) >= 11 is 5.76. The fraction of sp³-hybridized carbons (Fsp3) is 0.200. The van der Waals surface area contributed by atoms with E-state index in [-0.39, 0.29) is 24.7 Å². The molecule has 2 aromatic rings. The summed E-state index contributed by atoms with van der Waals surface area (Å²) in [6.07, 6.45) is 0.513. The maximum Gasteiger partial charge on any atom is 0.270 e. The zero-order chi connectivity index (χ0) is 15.9. The Kier molecular flexibility index (Phi) is 5.68. The summed E-state index contributed by atoms with van der Waals surface area (Å²) in [6.45, 7) is -0.0386. The Bertz CT molecular complexity index is 637. The standard InChI is InChI=1S/C15H14ClFN2O3/c16-10-5-6-18-14(7-10)15(21)19-8-12(20)9-22-13-3-1-11(17)2-4-13/h1-7,12,20H,8-9H2,(H,19,21). The van der Waals surface area contributed by atoms with Gasteiger partial charge >= 0.3 is 0 Å². The van der Waals surface area contributed by atoms with Crippen LogP contribution in [0.4, 0.5) is 4.39 Å². The van der Waals surface area contributed by atoms with Crippen LogP contribution in [0.25, 0.3) is 0 Å². The maximum atomic E-state index is 12.7. The van der Waals surface area contributed by atoms with Gasteiger partial charge in [0, 0.05) is 17.8 Å². The average molecular weight is 325 g/mol. The van der Waals surface area contributed by atoms with Crippen molar-refractivity contribution in [1.29, 1.82) is 0 Å². The number of hydrogen-bond acceptors (Lipinski definition) is 4. The number of aromatic nitrogens is 1. The van der Waals surface area contributed by atoms with Crippen molar-refractivity contribution in [2.24, 2.45) is 0 Å². The second-order valence-corrected chi connectivity index (χ2v) is 4.92. The predicted octanol–water partition coefficient (Wildman–Crippen LogP) is 2.04. The lowest BCUT2D eigenvalue weighted by Crippen LogP contribution is -2.35. The van der Waals surface area contributed by atoms with Crippen LogP contribution in [-0.4, -0.2) is 35.3 Å². The van der Waals surface area contributed by atoms with Crippen LogP contribution in [0.3, 0.4) is 0 Å². The molecule has 0 bridgehead atoms. The van der Waals surface area contributed by atoms with Gasteiger partial charge in [0.2, 0.25) is 0 Å². The molecule has 0 fully saturated rings. The number of amides is 1. The Morgan fingerprint density at radius 1 is 1.36 bits per heavy atom. The molecular weight excluding hydrogens is 311 g/mol. The Balaban J connectivity index is 1.76. The third-order valence-electron chi connectivity index (χ3n) is 2.71. The van der Waals surface area contributed by atoms with Crippen LogP contribution in [0.15, 0.2) is 42.6 Å². The van der Waals surface area contributed by atoms with Gasteiger partial charge in [0.05, 0.1) is 0 Å². The molecule has 0 aliphatic rings. The number of carbonyl (C=O) groups excluding carboxylic acids is 1. The monoisotopic (exact) mass is 324 g/mol. The number of rotatable bonds is 6. The van der Waals surface area contributed by atoms with Crippen molar-refractivity contribution in [3.8, 4) is 5.75 Å². The highest BCUT2D eigenvalue weighted by Gasteiger charge is 2.11. The van der Waals surface area contributed by atoms with Crippen LogP contribution >= 0.6 is 11.6 Å². The number of carbonyl (C=O) groups is 1. The van der Waals surface area contributed by atoms with E-state index < -0.39 is 12.0 Å². The number of pyridine rings is 1. The van der Waals surface area contributed by atoms with Crippen molar-refractivity contribution < 1.29 is 19.0 Å². The van der Waals surface area contributed by atoms with E-state index >= 15 is 0 Å². The van der Waals surface area contributed by atoms with Crippen molar-refractivity contribution in [3.05, 3.63) is 59.1 Å². The Labute approximate surface area is 131 Å². The molecule has 1 atom stereocenters. The molecule has 1 unspecified atom stereocenters. The lowest BCUT2D eigenvalue weighted by atomic mass is 10.3. The van der Waals surface area contributed by atoms with E-state index in [1.807, 2.05) is 0 Å². The minimum Gasteiger partial charge on any atom is -0.491 e. The third-order valence-corrected chi connectivity index (χ3v) is 2.94. The van der Waals surface area contributed by atoms with Gasteiger partial charge in [-0.05, 0) is 36.4 Å². The van der Waals surface area contributed by atoms with E-state index in [1.54, 1.807) is 6.07 Å². The van der Waals surface area contributed by atoms with E-state index in [4.69, 9.17) is 16.3 Å². The lowest BCUT2D eigenvalue weighted by Gasteiger charge is -2.13. The van der Waals surface area contributed by atoms with Crippen LogP contribution < -0.4 is 10.1 Å². The van der Waals surface area contributed by atoms with Gasteiger partial charge in [0.25, 0.3) is 5.91 Å². The van der Waals surface area contributed by atoms with Crippen LogP contribution in [0.5, 0.6) is 5.75 Å². The molecule has 2 rings (SSSR count). The predicted molar refractivity (Wildman–Crippen MR) is 79.5 cm³/mol. The first kappa shape index (κ1) is 16.2. The first-order chi connectivity index (χ1) is 10.5. The van der Waals surface area contributed by atoms with Gasteiger partial charge in [-0.1, -0.05) is 11.6 Å². The highest BCUT2D eigenvalue weighted by Crippen LogP contribution is 2.11. The van der Waals surface area contributed by atoms with Gasteiger partial charge in [-0.25, -0.2) is 4.39 Å². The normalized spacial score (nSPS) is 11.8. The Morgan fingerprint density at radius 3 is 2.77 bits per heavy atom. The van der Waals surface area contributed by atoms with Crippen LogP contribution in [0.2, 0.25) is 5.02 Å². The SMILES string of the molecule is O=C(NCC(O)COc1ccc(F)cc1)c1cc(Cl)ccn1. The molecule has 0 aliphatic carbocycles. The zero-order valence-corrected chi connectivity index (χ0v) is 12.3. The molecule has 116 valence electrons. The molecule has 7 heteroatoms. The molecule has 0 spiro atoms. The van der Waals surface area contributed by atoms with Gasteiger partial charge in [-0.2, -0.15) is 0 Å². The minimum absolute atomic E-state index is 0.00573. The molecule has 1 heterocycles. The molecule has 5 nitrogen and oxygen atoms in total. The first-order valence-corrected chi connectivity index (χ1v) is 6.88. The second kappa shape index (κ2) is 7.72. The van der Waals surface area contributed by atoms with E-state index in [1.165, 1.54) is 36.5 Å². The molecule has 2 N–H and O–H groups in total. The van der Waals surface area contributed by atoms with Gasteiger partial charge < -0.3 is 15.2 Å². The third kappa shape index (κ3) is 4.98. The molecule has 22 heavy (non-hydrogen) atoms. The van der Waals surface area contributed by atoms with Gasteiger partial charge in [0.15, 0.2) is 0 Å². The number of aliphatic hydroxyl groups is 1. The van der Waals surface area contributed by atoms with Crippen molar-refractivity contribution in [1.82, 2.24) is 10.3 Å². The Hall–Kier alpha value is -2.18. The number of benzene rings is 1. The van der Waals surface area contributed by atoms with E-state index in [2.05, 4.69) is 10.3 Å². The number of ether oxygens (including phenoxy) is 1. The van der Waals surface area contributed by atoms with E-state index in [9.17, 15) is 14.3 Å². The van der Waals surface area contributed by atoms with Gasteiger partial charge in [0.1, 0.15) is 30.0 Å².